The van der Waals surface area contributed by atoms with Gasteiger partial charge in [-0.25, -0.2) is 4.57 Å². The molecule has 0 aromatic rings. The van der Waals surface area contributed by atoms with Crippen molar-refractivity contribution in [2.24, 2.45) is 10.8 Å². The molecular weight excluding hydrogens is 647 g/mol. The van der Waals surface area contributed by atoms with Crippen molar-refractivity contribution in [2.75, 3.05) is 41.1 Å². The van der Waals surface area contributed by atoms with Gasteiger partial charge in [0.25, 0.3) is 0 Å². The fourth-order valence-electron chi connectivity index (χ4n) is 2.68. The summed E-state index contributed by atoms with van der Waals surface area (Å²) in [4.78, 5) is 12.5. The van der Waals surface area contributed by atoms with Gasteiger partial charge in [-0.1, -0.05) is 96.3 Å². The Hall–Kier alpha value is 1.70. The van der Waals surface area contributed by atoms with Crippen LogP contribution < -0.4 is 0 Å². The van der Waals surface area contributed by atoms with E-state index in [1.54, 1.807) is 0 Å². The van der Waals surface area contributed by atoms with E-state index < -0.39 is 13.2 Å². The lowest BCUT2D eigenvalue weighted by Gasteiger charge is -2.37. The molecule has 1 aliphatic heterocycles. The molecule has 166 valence electrons. The van der Waals surface area contributed by atoms with Gasteiger partial charge in [-0.05, 0) is 6.42 Å². The number of ketones is 1. The first-order valence-electron chi connectivity index (χ1n) is 9.61. The van der Waals surface area contributed by atoms with Gasteiger partial charge in [0, 0.05) is 45.0 Å². The summed E-state index contributed by atoms with van der Waals surface area (Å²) in [6.45, 7) is 2.87. The first-order valence-corrected chi connectivity index (χ1v) is 15.6. The second-order valence-corrected chi connectivity index (χ2v) is 11.6. The van der Waals surface area contributed by atoms with E-state index in [-0.39, 0.29) is 31.0 Å². The predicted octanol–water partition coefficient (Wildman–Crippen LogP) is 7.03. The minimum absolute atomic E-state index is 0.123. The van der Waals surface area contributed by atoms with Crippen LogP contribution in [0, 0.1) is 10.8 Å². The van der Waals surface area contributed by atoms with Crippen molar-refractivity contribution in [2.45, 2.75) is 51.9 Å². The number of hydrogen-bond acceptors (Lipinski definition) is 5. The Bertz CT molecular complexity index is 498. The van der Waals surface area contributed by atoms with Gasteiger partial charge in [0.1, 0.15) is 5.78 Å². The Morgan fingerprint density at radius 3 is 2.11 bits per heavy atom. The maximum absolute atomic E-state index is 12.8. The Morgan fingerprint density at radius 2 is 1.61 bits per heavy atom. The van der Waals surface area contributed by atoms with Gasteiger partial charge >= 0.3 is 7.82 Å². The third-order valence-electron chi connectivity index (χ3n) is 4.85. The highest BCUT2D eigenvalue weighted by Crippen LogP contribution is 2.56. The summed E-state index contributed by atoms with van der Waals surface area (Å²) in [5.74, 6) is 0.209. The monoisotopic (exact) mass is 674 g/mol. The van der Waals surface area contributed by atoms with Crippen LogP contribution in [0.5, 0.6) is 0 Å². The number of carbonyl (C=O) groups is 1. The molecule has 10 heteroatoms. The second-order valence-electron chi connectivity index (χ2n) is 7.68. The Labute approximate surface area is 202 Å². The molecule has 0 aromatic carbocycles. The average molecular weight is 678 g/mol. The zero-order chi connectivity index (χ0) is 21.1. The molecule has 1 saturated heterocycles. The van der Waals surface area contributed by atoms with E-state index in [1.165, 1.54) is 19.3 Å². The topological polar surface area (TPSA) is 61.8 Å². The maximum atomic E-state index is 12.8. The van der Waals surface area contributed by atoms with E-state index >= 15 is 0 Å². The van der Waals surface area contributed by atoms with Crippen LogP contribution in [0.25, 0.3) is 0 Å². The van der Waals surface area contributed by atoms with Crippen molar-refractivity contribution in [3.63, 3.8) is 0 Å². The molecule has 0 spiro atoms. The largest absolute Gasteiger partial charge is 0.474 e. The molecule has 0 aliphatic carbocycles. The van der Waals surface area contributed by atoms with E-state index in [1.807, 2.05) is 0 Å². The van der Waals surface area contributed by atoms with Gasteiger partial charge in [-0.3, -0.25) is 18.4 Å². The Kier molecular flexibility index (Phi) is 13.8. The molecule has 0 N–H and O–H groups in total. The predicted molar refractivity (Wildman–Crippen MR) is 129 cm³/mol. The smallest absolute Gasteiger partial charge is 0.300 e. The fraction of sp³-hybridized carbons (Fsp3) is 0.944. The lowest BCUT2D eigenvalue weighted by atomic mass is 9.87. The van der Waals surface area contributed by atoms with Crippen molar-refractivity contribution in [3.8, 4) is 0 Å². The van der Waals surface area contributed by atoms with Crippen molar-refractivity contribution in [1.29, 1.82) is 0 Å². The summed E-state index contributed by atoms with van der Waals surface area (Å²) in [5.41, 5.74) is -0.739. The third-order valence-corrected chi connectivity index (χ3v) is 10.9. The van der Waals surface area contributed by atoms with Crippen LogP contribution in [-0.2, 0) is 22.9 Å². The first-order chi connectivity index (χ1) is 13.3. The molecular formula is C18H31Br4O5P. The number of carbonyl (C=O) groups excluding carboxylic acids is 1. The van der Waals surface area contributed by atoms with Crippen molar-refractivity contribution in [1.82, 2.24) is 0 Å². The lowest BCUT2D eigenvalue weighted by Crippen LogP contribution is -2.40. The standard InChI is InChI=1S/C18H31Br4O5P/c1-2-3-4-5-6-7-16(23)8-17(9-19,10-20)13-25-28(24)26-14-18(11-21,12-22)15-27-28/h2-15H2,1H3. The highest BCUT2D eigenvalue weighted by Gasteiger charge is 2.44. The molecule has 0 aromatic heterocycles. The van der Waals surface area contributed by atoms with E-state index in [9.17, 15) is 9.36 Å². The van der Waals surface area contributed by atoms with Gasteiger partial charge in [-0.2, -0.15) is 0 Å². The number of phosphoric acid groups is 1. The second kappa shape index (κ2) is 14.0. The van der Waals surface area contributed by atoms with E-state index in [0.717, 1.165) is 12.8 Å². The quantitative estimate of drug-likeness (QED) is 0.106. The molecule has 1 fully saturated rings. The molecule has 1 aliphatic rings. The van der Waals surface area contributed by atoms with Gasteiger partial charge in [-0.15, -0.1) is 0 Å². The molecule has 5 nitrogen and oxygen atoms in total. The van der Waals surface area contributed by atoms with E-state index in [4.69, 9.17) is 13.6 Å². The highest BCUT2D eigenvalue weighted by molar-refractivity contribution is 9.10. The number of hydrogen-bond donors (Lipinski definition) is 0. The maximum Gasteiger partial charge on any atom is 0.474 e. The third kappa shape index (κ3) is 9.05. The lowest BCUT2D eigenvalue weighted by molar-refractivity contribution is -0.121. The fourth-order valence-corrected chi connectivity index (χ4v) is 7.43. The van der Waals surface area contributed by atoms with Crippen molar-refractivity contribution >= 4 is 77.3 Å². The van der Waals surface area contributed by atoms with E-state index in [0.29, 0.717) is 34.2 Å². The number of Topliss-reactive ketones (excluding diaryl/α,β-unsaturated/α-hetero) is 1. The van der Waals surface area contributed by atoms with Crippen LogP contribution in [0.15, 0.2) is 0 Å². The average Bonchev–Trinajstić information content (AvgIpc) is 2.72. The summed E-state index contributed by atoms with van der Waals surface area (Å²) >= 11 is 13.9. The SMILES string of the molecule is CCCCCCCC(=O)CC(CBr)(CBr)COP1(=O)OCC(CBr)(CBr)CO1. The van der Waals surface area contributed by atoms with Crippen LogP contribution in [0.1, 0.15) is 51.9 Å². The highest BCUT2D eigenvalue weighted by atomic mass is 79.9. The molecule has 0 amide bonds. The van der Waals surface area contributed by atoms with Crippen LogP contribution in [-0.4, -0.2) is 46.9 Å². The molecule has 1 heterocycles. The Balaban J connectivity index is 2.54. The molecule has 0 radical (unpaired) electrons. The number of unbranched alkanes of at least 4 members (excludes halogenated alkanes) is 4. The molecule has 0 atom stereocenters. The van der Waals surface area contributed by atoms with Gasteiger partial charge in [0.05, 0.1) is 19.8 Å². The zero-order valence-corrected chi connectivity index (χ0v) is 23.6. The summed E-state index contributed by atoms with van der Waals surface area (Å²) in [6, 6.07) is 0. The molecule has 28 heavy (non-hydrogen) atoms. The van der Waals surface area contributed by atoms with Crippen molar-refractivity contribution < 1.29 is 22.9 Å². The summed E-state index contributed by atoms with van der Waals surface area (Å²) in [6.07, 6.45) is 6.54. The zero-order valence-electron chi connectivity index (χ0n) is 16.4. The van der Waals surface area contributed by atoms with Crippen LogP contribution in [0.2, 0.25) is 0 Å². The van der Waals surface area contributed by atoms with Crippen molar-refractivity contribution in [3.05, 3.63) is 0 Å². The minimum atomic E-state index is -3.61. The normalized spacial score (nSPS) is 18.9. The van der Waals surface area contributed by atoms with Crippen LogP contribution in [0.3, 0.4) is 0 Å². The number of halogens is 4. The Morgan fingerprint density at radius 1 is 1.04 bits per heavy atom. The summed E-state index contributed by atoms with van der Waals surface area (Å²) in [5, 5.41) is 2.45. The van der Waals surface area contributed by atoms with E-state index in [2.05, 4.69) is 70.6 Å². The molecule has 0 unspecified atom stereocenters. The van der Waals surface area contributed by atoms with Crippen LogP contribution in [0.4, 0.5) is 0 Å². The minimum Gasteiger partial charge on any atom is -0.300 e. The summed E-state index contributed by atoms with van der Waals surface area (Å²) < 4.78 is 29.4. The van der Waals surface area contributed by atoms with Gasteiger partial charge < -0.3 is 0 Å². The molecule has 1 rings (SSSR count). The first kappa shape index (κ1) is 27.7. The summed E-state index contributed by atoms with van der Waals surface area (Å²) in [7, 11) is -3.61. The number of alkyl halides is 4. The molecule has 0 saturated carbocycles. The van der Waals surface area contributed by atoms with Gasteiger partial charge in [0.2, 0.25) is 0 Å². The number of phosphoric ester groups is 1. The molecule has 0 bridgehead atoms. The van der Waals surface area contributed by atoms with Gasteiger partial charge in [0.15, 0.2) is 0 Å². The number of rotatable bonds is 15. The van der Waals surface area contributed by atoms with Crippen LogP contribution >= 0.6 is 71.5 Å².